The molecule has 3 amide bonds. The van der Waals surface area contributed by atoms with Crippen molar-refractivity contribution in [2.45, 2.75) is 123 Å². The summed E-state index contributed by atoms with van der Waals surface area (Å²) in [4.78, 5) is 73.9. The second-order valence-electron chi connectivity index (χ2n) is 17.4. The van der Waals surface area contributed by atoms with Crippen molar-refractivity contribution in [2.75, 3.05) is 40.6 Å². The number of hydrogen-bond donors (Lipinski definition) is 3. The fraction of sp³-hybridized carbons (Fsp3) is 0.630. The number of aliphatic carboxylic acids is 1. The van der Waals surface area contributed by atoms with E-state index in [-0.39, 0.29) is 54.6 Å². The molecule has 4 N–H and O–H groups in total. The second kappa shape index (κ2) is 22.9. The molecule has 13 nitrogen and oxygen atoms in total. The quantitative estimate of drug-likeness (QED) is 0.125. The molecule has 59 heavy (non-hydrogen) atoms. The Balaban J connectivity index is 1.75. The molecule has 2 aromatic carbocycles. The molecule has 0 aromatic heterocycles. The summed E-state index contributed by atoms with van der Waals surface area (Å²) < 4.78 is 11.9. The first-order valence-electron chi connectivity index (χ1n) is 21.1. The Labute approximate surface area is 352 Å². The van der Waals surface area contributed by atoms with Crippen molar-refractivity contribution in [2.24, 2.45) is 29.6 Å². The maximum Gasteiger partial charge on any atom is 0.326 e. The summed E-state index contributed by atoms with van der Waals surface area (Å²) >= 11 is 0. The number of carboxylic acid groups (broad SMARTS) is 1. The van der Waals surface area contributed by atoms with Crippen molar-refractivity contribution in [3.63, 3.8) is 0 Å². The van der Waals surface area contributed by atoms with Gasteiger partial charge in [-0.15, -0.1) is 0 Å². The highest BCUT2D eigenvalue weighted by Gasteiger charge is 2.43. The van der Waals surface area contributed by atoms with Gasteiger partial charge in [-0.25, -0.2) is 4.79 Å². The van der Waals surface area contributed by atoms with Crippen LogP contribution in [-0.4, -0.2) is 121 Å². The molecule has 13 heteroatoms. The van der Waals surface area contributed by atoms with E-state index in [0.717, 1.165) is 11.1 Å². The van der Waals surface area contributed by atoms with Gasteiger partial charge >= 0.3 is 5.97 Å². The van der Waals surface area contributed by atoms with Gasteiger partial charge in [-0.3, -0.25) is 24.1 Å². The normalized spacial score (nSPS) is 18.0. The van der Waals surface area contributed by atoms with E-state index in [2.05, 4.69) is 5.32 Å². The van der Waals surface area contributed by atoms with Gasteiger partial charge in [0, 0.05) is 58.8 Å². The SMILES string of the molecule is CO[C@H]([C@@H](C)C(=O)N[C@@H](Cc1ccccc1)C(=O)O)[C@@H]1CCCN1C(=O)C[C@@H](OC)[C@H](C(C)C)N(C)C(=O)[C@@H](CC(=O)[C@H](C(C)C)N(C)Cc1cccc(N)c1)C(C)C. The number of ether oxygens (including phenoxy) is 2. The number of nitrogens with one attached hydrogen (secondary N) is 1. The number of rotatable bonds is 23. The van der Waals surface area contributed by atoms with Crippen LogP contribution in [0.1, 0.15) is 85.3 Å². The smallest absolute Gasteiger partial charge is 0.326 e. The van der Waals surface area contributed by atoms with Crippen LogP contribution in [0.25, 0.3) is 0 Å². The van der Waals surface area contributed by atoms with Crippen LogP contribution >= 0.6 is 0 Å². The molecule has 0 unspecified atom stereocenters. The predicted molar refractivity (Wildman–Crippen MR) is 230 cm³/mol. The summed E-state index contributed by atoms with van der Waals surface area (Å²) in [5, 5.41) is 12.6. The van der Waals surface area contributed by atoms with Crippen LogP contribution in [0.15, 0.2) is 54.6 Å². The van der Waals surface area contributed by atoms with Crippen molar-refractivity contribution in [1.82, 2.24) is 20.0 Å². The number of nitrogen functional groups attached to an aromatic ring is 1. The maximum atomic E-state index is 14.5. The number of nitrogens with two attached hydrogens (primary N) is 1. The van der Waals surface area contributed by atoms with E-state index in [4.69, 9.17) is 15.2 Å². The molecule has 2 aromatic rings. The summed E-state index contributed by atoms with van der Waals surface area (Å²) in [6.07, 6.45) is 0.141. The van der Waals surface area contributed by atoms with Crippen molar-refractivity contribution >= 4 is 35.2 Å². The van der Waals surface area contributed by atoms with Gasteiger partial charge in [0.1, 0.15) is 6.04 Å². The maximum absolute atomic E-state index is 14.5. The third-order valence-electron chi connectivity index (χ3n) is 12.0. The van der Waals surface area contributed by atoms with Gasteiger partial charge in [0.15, 0.2) is 5.78 Å². The zero-order chi connectivity index (χ0) is 44.1. The number of ketones is 1. The van der Waals surface area contributed by atoms with Crippen LogP contribution in [0, 0.1) is 29.6 Å². The molecule has 0 aliphatic carbocycles. The van der Waals surface area contributed by atoms with E-state index in [1.807, 2.05) is 108 Å². The first-order valence-corrected chi connectivity index (χ1v) is 21.1. The zero-order valence-electron chi connectivity index (χ0n) is 37.2. The average Bonchev–Trinajstić information content (AvgIpc) is 3.66. The first kappa shape index (κ1) is 49.0. The minimum atomic E-state index is -1.14. The summed E-state index contributed by atoms with van der Waals surface area (Å²) in [7, 11) is 6.70. The number of Topliss-reactive ketones (excluding diaryl/α,β-unsaturated/α-hetero) is 1. The van der Waals surface area contributed by atoms with Crippen LogP contribution in [0.2, 0.25) is 0 Å². The molecule has 1 aliphatic heterocycles. The molecule has 328 valence electrons. The number of benzene rings is 2. The van der Waals surface area contributed by atoms with Crippen LogP contribution in [0.3, 0.4) is 0 Å². The fourth-order valence-corrected chi connectivity index (χ4v) is 8.96. The van der Waals surface area contributed by atoms with Crippen LogP contribution in [-0.2, 0) is 46.4 Å². The molecule has 1 fully saturated rings. The molecular formula is C46H71N5O8. The number of anilines is 1. The Kier molecular flexibility index (Phi) is 19.0. The summed E-state index contributed by atoms with van der Waals surface area (Å²) in [6, 6.07) is 14.3. The molecule has 1 heterocycles. The third-order valence-corrected chi connectivity index (χ3v) is 12.0. The molecule has 0 radical (unpaired) electrons. The first-order chi connectivity index (χ1) is 27.8. The van der Waals surface area contributed by atoms with Gasteiger partial charge in [-0.1, -0.05) is 90.9 Å². The summed E-state index contributed by atoms with van der Waals surface area (Å²) in [6.45, 7) is 14.6. The molecule has 1 aliphatic rings. The predicted octanol–water partition coefficient (Wildman–Crippen LogP) is 5.30. The number of methoxy groups -OCH3 is 2. The monoisotopic (exact) mass is 822 g/mol. The van der Waals surface area contributed by atoms with Crippen LogP contribution in [0.5, 0.6) is 0 Å². The molecule has 0 saturated carbocycles. The lowest BCUT2D eigenvalue weighted by Gasteiger charge is -2.40. The lowest BCUT2D eigenvalue weighted by molar-refractivity contribution is -0.149. The van der Waals surface area contributed by atoms with E-state index in [1.165, 1.54) is 7.11 Å². The molecule has 0 spiro atoms. The van der Waals surface area contributed by atoms with Gasteiger partial charge in [0.25, 0.3) is 0 Å². The Hall–Kier alpha value is -4.33. The lowest BCUT2D eigenvalue weighted by Crippen LogP contribution is -2.54. The minimum absolute atomic E-state index is 0.00298. The standard InChI is InChI=1S/C46H71N5O8/c1-28(2)35(25-38(52)41(29(3)4)49(8)27-33-19-15-20-34(47)23-33)45(55)50(9)42(30(5)6)39(58-10)26-40(53)51-22-16-21-37(51)43(59-11)31(7)44(54)48-36(46(56)57)24-32-17-13-12-14-18-32/h12-15,17-20,23,28-31,35-37,39,41-43H,16,21-22,24-27,47H2,1-11H3,(H,48,54)(H,56,57)/t31-,35+,36+,37+,39-,41+,42+,43-/m1/s1. The van der Waals surface area contributed by atoms with E-state index in [9.17, 15) is 29.1 Å². The van der Waals surface area contributed by atoms with Gasteiger partial charge < -0.3 is 35.4 Å². The number of carboxylic acids is 1. The molecule has 3 rings (SSSR count). The van der Waals surface area contributed by atoms with Gasteiger partial charge in [-0.2, -0.15) is 0 Å². The van der Waals surface area contributed by atoms with Crippen LogP contribution in [0.4, 0.5) is 5.69 Å². The van der Waals surface area contributed by atoms with Gasteiger partial charge in [0.2, 0.25) is 17.7 Å². The van der Waals surface area contributed by atoms with E-state index >= 15 is 0 Å². The highest BCUT2D eigenvalue weighted by molar-refractivity contribution is 5.90. The number of nitrogens with zero attached hydrogens (tertiary/aromatic N) is 3. The lowest BCUT2D eigenvalue weighted by atomic mass is 9.84. The number of amides is 3. The second-order valence-corrected chi connectivity index (χ2v) is 17.4. The molecule has 8 atom stereocenters. The van der Waals surface area contributed by atoms with E-state index < -0.39 is 60.1 Å². The topological polar surface area (TPSA) is 172 Å². The number of carbonyl (C=O) groups excluding carboxylic acids is 4. The van der Waals surface area contributed by atoms with Crippen molar-refractivity contribution in [1.29, 1.82) is 0 Å². The Morgan fingerprint density at radius 3 is 2.05 bits per heavy atom. The molecule has 1 saturated heterocycles. The highest BCUT2D eigenvalue weighted by atomic mass is 16.5. The Morgan fingerprint density at radius 2 is 1.51 bits per heavy atom. The molecular weight excluding hydrogens is 751 g/mol. The Morgan fingerprint density at radius 1 is 0.864 bits per heavy atom. The van der Waals surface area contributed by atoms with Crippen molar-refractivity contribution in [3.05, 3.63) is 65.7 Å². The van der Waals surface area contributed by atoms with Gasteiger partial charge in [0.05, 0.1) is 42.7 Å². The number of carbonyl (C=O) groups is 5. The van der Waals surface area contributed by atoms with E-state index in [0.29, 0.717) is 31.6 Å². The van der Waals surface area contributed by atoms with Crippen LogP contribution < -0.4 is 11.1 Å². The highest BCUT2D eigenvalue weighted by Crippen LogP contribution is 2.31. The fourth-order valence-electron chi connectivity index (χ4n) is 8.96. The summed E-state index contributed by atoms with van der Waals surface area (Å²) in [5.74, 6) is -3.54. The summed E-state index contributed by atoms with van der Waals surface area (Å²) in [5.41, 5.74) is 8.47. The third kappa shape index (κ3) is 13.3. The van der Waals surface area contributed by atoms with Crippen molar-refractivity contribution in [3.8, 4) is 0 Å². The number of likely N-dealkylation sites (tertiary alicyclic amines) is 1. The van der Waals surface area contributed by atoms with Crippen molar-refractivity contribution < 1.29 is 38.6 Å². The zero-order valence-corrected chi connectivity index (χ0v) is 37.2. The van der Waals surface area contributed by atoms with Gasteiger partial charge in [-0.05, 0) is 60.9 Å². The molecule has 0 bridgehead atoms. The largest absolute Gasteiger partial charge is 0.480 e. The Bertz CT molecular complexity index is 1690. The average molecular weight is 822 g/mol. The minimum Gasteiger partial charge on any atom is -0.480 e. The number of hydrogen-bond acceptors (Lipinski definition) is 9. The van der Waals surface area contributed by atoms with E-state index in [1.54, 1.807) is 30.9 Å². The number of likely N-dealkylation sites (N-methyl/N-ethyl adjacent to an activating group) is 2.